The average Bonchev–Trinajstić information content (AvgIpc) is 2.25. The minimum Gasteiger partial charge on any atom is -0.484 e. The van der Waals surface area contributed by atoms with E-state index in [0.717, 1.165) is 0 Å². The minimum atomic E-state index is -0.431. The number of rotatable bonds is 3. The van der Waals surface area contributed by atoms with Gasteiger partial charge in [-0.3, -0.25) is 4.79 Å². The van der Waals surface area contributed by atoms with Crippen LogP contribution in [0.1, 0.15) is 26.3 Å². The molecule has 0 N–H and O–H groups in total. The number of ketones is 1. The molecule has 0 amide bonds. The van der Waals surface area contributed by atoms with Gasteiger partial charge in [-0.1, -0.05) is 32.4 Å². The van der Waals surface area contributed by atoms with Crippen molar-refractivity contribution in [3.8, 4) is 11.8 Å². The number of benzene rings is 1. The van der Waals surface area contributed by atoms with Gasteiger partial charge in [0, 0.05) is 5.41 Å². The van der Waals surface area contributed by atoms with Gasteiger partial charge in [-0.05, 0) is 18.2 Å². The summed E-state index contributed by atoms with van der Waals surface area (Å²) in [5.74, 6) is 0.418. The standard InChI is InChI=1S/C13H14ClNO2/c1-13(2,3)12(16)8-17-11-5-4-9(7-15)6-10(11)14/h4-6H,8H2,1-3H3. The SMILES string of the molecule is CC(C)(C)C(=O)COc1ccc(C#N)cc1Cl. The fourth-order valence-electron chi connectivity index (χ4n) is 1.05. The van der Waals surface area contributed by atoms with Crippen molar-refractivity contribution >= 4 is 17.4 Å². The molecule has 0 radical (unpaired) electrons. The van der Waals surface area contributed by atoms with Crippen molar-refractivity contribution in [2.24, 2.45) is 5.41 Å². The summed E-state index contributed by atoms with van der Waals surface area (Å²) >= 11 is 5.92. The number of Topliss-reactive ketones (excluding diaryl/α,β-unsaturated/α-hetero) is 1. The van der Waals surface area contributed by atoms with Crippen molar-refractivity contribution in [1.29, 1.82) is 5.26 Å². The predicted molar refractivity (Wildman–Crippen MR) is 66.1 cm³/mol. The summed E-state index contributed by atoms with van der Waals surface area (Å²) in [5.41, 5.74) is 0.0310. The highest BCUT2D eigenvalue weighted by Crippen LogP contribution is 2.26. The predicted octanol–water partition coefficient (Wildman–Crippen LogP) is 3.21. The van der Waals surface area contributed by atoms with Crippen LogP contribution in [0.3, 0.4) is 0 Å². The molecular formula is C13H14ClNO2. The molecule has 0 aromatic heterocycles. The lowest BCUT2D eigenvalue weighted by molar-refractivity contribution is -0.128. The molecule has 17 heavy (non-hydrogen) atoms. The zero-order chi connectivity index (χ0) is 13.1. The van der Waals surface area contributed by atoms with Gasteiger partial charge in [0.2, 0.25) is 0 Å². The molecule has 0 fully saturated rings. The quantitative estimate of drug-likeness (QED) is 0.829. The van der Waals surface area contributed by atoms with E-state index in [1.165, 1.54) is 6.07 Å². The zero-order valence-corrected chi connectivity index (χ0v) is 10.8. The third-order valence-corrected chi connectivity index (χ3v) is 2.55. The Morgan fingerprint density at radius 3 is 2.59 bits per heavy atom. The molecule has 0 saturated carbocycles. The van der Waals surface area contributed by atoms with E-state index in [9.17, 15) is 4.79 Å². The Hall–Kier alpha value is -1.53. The lowest BCUT2D eigenvalue weighted by atomic mass is 9.91. The maximum Gasteiger partial charge on any atom is 0.175 e. The number of hydrogen-bond acceptors (Lipinski definition) is 3. The molecule has 0 aliphatic carbocycles. The highest BCUT2D eigenvalue weighted by atomic mass is 35.5. The van der Waals surface area contributed by atoms with Gasteiger partial charge in [0.15, 0.2) is 5.78 Å². The molecule has 3 nitrogen and oxygen atoms in total. The van der Waals surface area contributed by atoms with E-state index in [1.54, 1.807) is 12.1 Å². The van der Waals surface area contributed by atoms with Crippen LogP contribution in [-0.4, -0.2) is 12.4 Å². The Bertz CT molecular complexity index is 469. The van der Waals surface area contributed by atoms with Gasteiger partial charge in [-0.2, -0.15) is 5.26 Å². The highest BCUT2D eigenvalue weighted by Gasteiger charge is 2.21. The number of carbonyl (C=O) groups is 1. The minimum absolute atomic E-state index is 0.00192. The lowest BCUT2D eigenvalue weighted by Crippen LogP contribution is -2.26. The van der Waals surface area contributed by atoms with Gasteiger partial charge in [0.05, 0.1) is 16.7 Å². The Morgan fingerprint density at radius 2 is 2.12 bits per heavy atom. The summed E-state index contributed by atoms with van der Waals surface area (Å²) in [7, 11) is 0. The second-order valence-electron chi connectivity index (χ2n) is 4.72. The van der Waals surface area contributed by atoms with E-state index in [4.69, 9.17) is 21.6 Å². The van der Waals surface area contributed by atoms with E-state index < -0.39 is 5.41 Å². The Kier molecular flexibility index (Phi) is 4.14. The first-order valence-corrected chi connectivity index (χ1v) is 5.58. The molecule has 4 heteroatoms. The molecule has 0 aliphatic heterocycles. The first-order chi connectivity index (χ1) is 7.84. The summed E-state index contributed by atoms with van der Waals surface area (Å²) in [6.07, 6.45) is 0. The van der Waals surface area contributed by atoms with Gasteiger partial charge < -0.3 is 4.74 Å². The van der Waals surface area contributed by atoms with E-state index >= 15 is 0 Å². The summed E-state index contributed by atoms with van der Waals surface area (Å²) < 4.78 is 5.33. The summed E-state index contributed by atoms with van der Waals surface area (Å²) in [5, 5.41) is 9.01. The van der Waals surface area contributed by atoms with Crippen molar-refractivity contribution < 1.29 is 9.53 Å². The summed E-state index contributed by atoms with van der Waals surface area (Å²) in [6, 6.07) is 6.68. The maximum absolute atomic E-state index is 11.7. The van der Waals surface area contributed by atoms with Crippen LogP contribution >= 0.6 is 11.6 Å². The highest BCUT2D eigenvalue weighted by molar-refractivity contribution is 6.32. The number of ether oxygens (including phenoxy) is 1. The third kappa shape index (κ3) is 3.76. The zero-order valence-electron chi connectivity index (χ0n) is 10.1. The number of carbonyl (C=O) groups excluding carboxylic acids is 1. The third-order valence-electron chi connectivity index (χ3n) is 2.26. The van der Waals surface area contributed by atoms with Crippen molar-refractivity contribution in [2.75, 3.05) is 6.61 Å². The van der Waals surface area contributed by atoms with Gasteiger partial charge in [-0.15, -0.1) is 0 Å². The van der Waals surface area contributed by atoms with Crippen LogP contribution in [0.4, 0.5) is 0 Å². The van der Waals surface area contributed by atoms with Gasteiger partial charge in [-0.25, -0.2) is 0 Å². The van der Waals surface area contributed by atoms with E-state index in [-0.39, 0.29) is 12.4 Å². The Morgan fingerprint density at radius 1 is 1.47 bits per heavy atom. The Balaban J connectivity index is 2.72. The van der Waals surface area contributed by atoms with E-state index in [0.29, 0.717) is 16.3 Å². The largest absolute Gasteiger partial charge is 0.484 e. The van der Waals surface area contributed by atoms with E-state index in [1.807, 2.05) is 26.8 Å². The van der Waals surface area contributed by atoms with Crippen LogP contribution in [-0.2, 0) is 4.79 Å². The number of nitrogens with zero attached hydrogens (tertiary/aromatic N) is 1. The molecule has 0 spiro atoms. The molecule has 90 valence electrons. The van der Waals surface area contributed by atoms with Gasteiger partial charge >= 0.3 is 0 Å². The molecule has 0 unspecified atom stereocenters. The second-order valence-corrected chi connectivity index (χ2v) is 5.13. The monoisotopic (exact) mass is 251 g/mol. The van der Waals surface area contributed by atoms with E-state index in [2.05, 4.69) is 0 Å². The van der Waals surface area contributed by atoms with Crippen LogP contribution < -0.4 is 4.74 Å². The van der Waals surface area contributed by atoms with Gasteiger partial charge in [0.1, 0.15) is 12.4 Å². The topological polar surface area (TPSA) is 50.1 Å². The molecule has 0 atom stereocenters. The van der Waals surface area contributed by atoms with Crippen LogP contribution in [0.25, 0.3) is 0 Å². The maximum atomic E-state index is 11.7. The molecule has 0 heterocycles. The fraction of sp³-hybridized carbons (Fsp3) is 0.385. The number of hydrogen-bond donors (Lipinski definition) is 0. The first kappa shape index (κ1) is 13.5. The summed E-state index contributed by atoms with van der Waals surface area (Å²) in [4.78, 5) is 11.7. The summed E-state index contributed by atoms with van der Waals surface area (Å²) in [6.45, 7) is 5.48. The molecular weight excluding hydrogens is 238 g/mol. The second kappa shape index (κ2) is 5.20. The normalized spacial score (nSPS) is 10.8. The number of halogens is 1. The molecule has 0 bridgehead atoms. The molecule has 0 saturated heterocycles. The molecule has 1 aromatic carbocycles. The van der Waals surface area contributed by atoms with Crippen LogP contribution in [0.15, 0.2) is 18.2 Å². The smallest absolute Gasteiger partial charge is 0.175 e. The first-order valence-electron chi connectivity index (χ1n) is 5.20. The Labute approximate surface area is 106 Å². The molecule has 1 aromatic rings. The van der Waals surface area contributed by atoms with Crippen molar-refractivity contribution in [3.63, 3.8) is 0 Å². The van der Waals surface area contributed by atoms with Crippen LogP contribution in [0.5, 0.6) is 5.75 Å². The lowest BCUT2D eigenvalue weighted by Gasteiger charge is -2.17. The van der Waals surface area contributed by atoms with Crippen LogP contribution in [0.2, 0.25) is 5.02 Å². The molecule has 1 rings (SSSR count). The van der Waals surface area contributed by atoms with Gasteiger partial charge in [0.25, 0.3) is 0 Å². The fourth-order valence-corrected chi connectivity index (χ4v) is 1.28. The van der Waals surface area contributed by atoms with Crippen LogP contribution in [0, 0.1) is 16.7 Å². The van der Waals surface area contributed by atoms with Crippen molar-refractivity contribution in [3.05, 3.63) is 28.8 Å². The van der Waals surface area contributed by atoms with Crippen molar-refractivity contribution in [2.45, 2.75) is 20.8 Å². The number of nitriles is 1. The van der Waals surface area contributed by atoms with Crippen molar-refractivity contribution in [1.82, 2.24) is 0 Å². The average molecular weight is 252 g/mol. The molecule has 0 aliphatic rings.